The zero-order chi connectivity index (χ0) is 18.7. The third-order valence-electron chi connectivity index (χ3n) is 5.45. The molecule has 2 aliphatic rings. The van der Waals surface area contributed by atoms with Crippen LogP contribution in [0.4, 0.5) is 0 Å². The topological polar surface area (TPSA) is 18.5 Å². The summed E-state index contributed by atoms with van der Waals surface area (Å²) in [5, 5.41) is 0. The highest BCUT2D eigenvalue weighted by Crippen LogP contribution is 2.35. The van der Waals surface area contributed by atoms with E-state index in [0.717, 1.165) is 4.58 Å². The van der Waals surface area contributed by atoms with Gasteiger partial charge in [-0.1, -0.05) is 64.7 Å². The van der Waals surface area contributed by atoms with Gasteiger partial charge in [-0.05, 0) is 51.0 Å². The van der Waals surface area contributed by atoms with E-state index < -0.39 is 0 Å². The molecular formula is C22H42O2S2. The number of thioether (sulfide) groups is 2. The van der Waals surface area contributed by atoms with Gasteiger partial charge < -0.3 is 9.47 Å². The van der Waals surface area contributed by atoms with E-state index in [4.69, 9.17) is 9.47 Å². The molecule has 0 aromatic rings. The molecule has 0 bridgehead atoms. The van der Waals surface area contributed by atoms with E-state index in [1.165, 1.54) is 95.0 Å². The van der Waals surface area contributed by atoms with Crippen LogP contribution in [0.1, 0.15) is 104 Å². The second kappa shape index (κ2) is 13.0. The molecule has 0 amide bonds. The van der Waals surface area contributed by atoms with Gasteiger partial charge in [0.15, 0.2) is 5.79 Å². The minimum absolute atomic E-state index is 0.319. The Morgan fingerprint density at radius 1 is 0.731 bits per heavy atom. The summed E-state index contributed by atoms with van der Waals surface area (Å²) >= 11 is 4.36. The lowest BCUT2D eigenvalue weighted by atomic mass is 10.00. The smallest absolute Gasteiger partial charge is 0.163 e. The van der Waals surface area contributed by atoms with Crippen molar-refractivity contribution in [2.75, 3.05) is 11.5 Å². The second-order valence-electron chi connectivity index (χ2n) is 8.43. The van der Waals surface area contributed by atoms with Gasteiger partial charge in [0.05, 0.1) is 16.8 Å². The first kappa shape index (κ1) is 22.9. The van der Waals surface area contributed by atoms with Crippen molar-refractivity contribution < 1.29 is 9.47 Å². The number of ether oxygens (including phenoxy) is 2. The quantitative estimate of drug-likeness (QED) is 0.298. The standard InChI is InChI=1S/C22H42O2S2/c1-4-5-6-7-8-10-14-19-20(24-22(2,3)23-19)15-11-9-12-16-21-25-17-13-18-26-21/h19-21H,4-18H2,1-3H3/t19-,20+/m0/s1. The molecule has 2 heterocycles. The third kappa shape index (κ3) is 9.21. The monoisotopic (exact) mass is 402 g/mol. The maximum absolute atomic E-state index is 6.22. The van der Waals surface area contributed by atoms with E-state index in [1.807, 2.05) is 0 Å². The molecule has 2 rings (SSSR count). The zero-order valence-electron chi connectivity index (χ0n) is 17.5. The van der Waals surface area contributed by atoms with E-state index in [1.54, 1.807) is 0 Å². The highest BCUT2D eigenvalue weighted by Gasteiger charge is 2.40. The van der Waals surface area contributed by atoms with Gasteiger partial charge in [0, 0.05) is 0 Å². The Hall–Kier alpha value is 0.620. The summed E-state index contributed by atoms with van der Waals surface area (Å²) in [6.07, 6.45) is 17.9. The van der Waals surface area contributed by atoms with Crippen molar-refractivity contribution in [2.24, 2.45) is 0 Å². The van der Waals surface area contributed by atoms with Crippen molar-refractivity contribution in [2.45, 2.75) is 127 Å². The fraction of sp³-hybridized carbons (Fsp3) is 1.00. The second-order valence-corrected chi connectivity index (χ2v) is 11.4. The fourth-order valence-corrected chi connectivity index (χ4v) is 7.02. The average Bonchev–Trinajstić information content (AvgIpc) is 2.92. The van der Waals surface area contributed by atoms with Crippen LogP contribution in [0.2, 0.25) is 0 Å². The number of hydrogen-bond donors (Lipinski definition) is 0. The van der Waals surface area contributed by atoms with Crippen molar-refractivity contribution in [1.29, 1.82) is 0 Å². The van der Waals surface area contributed by atoms with E-state index >= 15 is 0 Å². The van der Waals surface area contributed by atoms with Gasteiger partial charge in [-0.3, -0.25) is 0 Å². The summed E-state index contributed by atoms with van der Waals surface area (Å²) in [6.45, 7) is 6.45. The maximum atomic E-state index is 6.22. The van der Waals surface area contributed by atoms with Crippen molar-refractivity contribution in [3.05, 3.63) is 0 Å². The van der Waals surface area contributed by atoms with Gasteiger partial charge in [0.1, 0.15) is 0 Å². The summed E-state index contributed by atoms with van der Waals surface area (Å²) in [7, 11) is 0. The molecule has 2 aliphatic heterocycles. The first-order chi connectivity index (χ1) is 12.6. The molecule has 26 heavy (non-hydrogen) atoms. The minimum Gasteiger partial charge on any atom is -0.345 e. The van der Waals surface area contributed by atoms with E-state index in [9.17, 15) is 0 Å². The molecular weight excluding hydrogens is 360 g/mol. The van der Waals surface area contributed by atoms with Crippen LogP contribution in [0.25, 0.3) is 0 Å². The summed E-state index contributed by atoms with van der Waals surface area (Å²) in [6, 6.07) is 0. The first-order valence-corrected chi connectivity index (χ1v) is 13.3. The molecule has 2 nitrogen and oxygen atoms in total. The lowest BCUT2D eigenvalue weighted by Crippen LogP contribution is -2.22. The van der Waals surface area contributed by atoms with Crippen molar-refractivity contribution in [1.82, 2.24) is 0 Å². The van der Waals surface area contributed by atoms with Crippen LogP contribution in [0.3, 0.4) is 0 Å². The van der Waals surface area contributed by atoms with Gasteiger partial charge >= 0.3 is 0 Å². The van der Waals surface area contributed by atoms with E-state index in [0.29, 0.717) is 12.2 Å². The number of hydrogen-bond acceptors (Lipinski definition) is 4. The molecule has 154 valence electrons. The summed E-state index contributed by atoms with van der Waals surface area (Å²) in [4.78, 5) is 0. The third-order valence-corrected chi connectivity index (χ3v) is 8.53. The van der Waals surface area contributed by atoms with Crippen LogP contribution in [-0.4, -0.2) is 34.1 Å². The molecule has 2 fully saturated rings. The zero-order valence-corrected chi connectivity index (χ0v) is 19.1. The van der Waals surface area contributed by atoms with Gasteiger partial charge in [0.2, 0.25) is 0 Å². The summed E-state index contributed by atoms with van der Waals surface area (Å²) in [5.41, 5.74) is 0. The normalized spacial score (nSPS) is 26.4. The molecule has 0 N–H and O–H groups in total. The van der Waals surface area contributed by atoms with Gasteiger partial charge in [-0.25, -0.2) is 0 Å². The van der Waals surface area contributed by atoms with Gasteiger partial charge in [-0.15, -0.1) is 23.5 Å². The Labute approximate surface area is 171 Å². The van der Waals surface area contributed by atoms with Crippen molar-refractivity contribution in [3.8, 4) is 0 Å². The Morgan fingerprint density at radius 2 is 1.23 bits per heavy atom. The lowest BCUT2D eigenvalue weighted by molar-refractivity contribution is -0.147. The average molecular weight is 403 g/mol. The van der Waals surface area contributed by atoms with Crippen LogP contribution < -0.4 is 0 Å². The molecule has 4 heteroatoms. The Kier molecular flexibility index (Phi) is 11.4. The van der Waals surface area contributed by atoms with E-state index in [2.05, 4.69) is 44.3 Å². The van der Waals surface area contributed by atoms with Crippen LogP contribution in [0, 0.1) is 0 Å². The van der Waals surface area contributed by atoms with Crippen molar-refractivity contribution >= 4 is 23.5 Å². The predicted octanol–water partition coefficient (Wildman–Crippen LogP) is 7.40. The highest BCUT2D eigenvalue weighted by atomic mass is 32.2. The minimum atomic E-state index is -0.382. The maximum Gasteiger partial charge on any atom is 0.163 e. The highest BCUT2D eigenvalue weighted by molar-refractivity contribution is 8.17. The van der Waals surface area contributed by atoms with Gasteiger partial charge in [-0.2, -0.15) is 0 Å². The molecule has 0 spiro atoms. The largest absolute Gasteiger partial charge is 0.345 e. The van der Waals surface area contributed by atoms with Crippen molar-refractivity contribution in [3.63, 3.8) is 0 Å². The van der Waals surface area contributed by atoms with E-state index in [-0.39, 0.29) is 5.79 Å². The summed E-state index contributed by atoms with van der Waals surface area (Å²) in [5.74, 6) is 2.37. The SMILES string of the molecule is CCCCCCCC[C@@H]1OC(C)(C)O[C@@H]1CCCCCC1SCCCS1. The van der Waals surface area contributed by atoms with Crippen LogP contribution in [-0.2, 0) is 9.47 Å². The van der Waals surface area contributed by atoms with Crippen LogP contribution >= 0.6 is 23.5 Å². The van der Waals surface area contributed by atoms with Crippen LogP contribution in [0.15, 0.2) is 0 Å². The predicted molar refractivity (Wildman–Crippen MR) is 118 cm³/mol. The molecule has 0 radical (unpaired) electrons. The van der Waals surface area contributed by atoms with Gasteiger partial charge in [0.25, 0.3) is 0 Å². The summed E-state index contributed by atoms with van der Waals surface area (Å²) < 4.78 is 13.3. The molecule has 0 unspecified atom stereocenters. The number of unbranched alkanes of at least 4 members (excludes halogenated alkanes) is 7. The Morgan fingerprint density at radius 3 is 1.85 bits per heavy atom. The molecule has 0 aromatic heterocycles. The Balaban J connectivity index is 1.57. The first-order valence-electron chi connectivity index (χ1n) is 11.2. The fourth-order valence-electron chi connectivity index (χ4n) is 4.06. The molecule has 2 atom stereocenters. The van der Waals surface area contributed by atoms with Crippen LogP contribution in [0.5, 0.6) is 0 Å². The molecule has 0 saturated carbocycles. The lowest BCUT2D eigenvalue weighted by Gasteiger charge is -2.21. The molecule has 0 aromatic carbocycles. The number of rotatable bonds is 13. The Bertz CT molecular complexity index is 356. The molecule has 2 saturated heterocycles. The molecule has 0 aliphatic carbocycles.